The minimum absolute atomic E-state index is 0.319. The van der Waals surface area contributed by atoms with Crippen molar-refractivity contribution in [2.24, 2.45) is 0 Å². The van der Waals surface area contributed by atoms with Crippen molar-refractivity contribution < 1.29 is 4.74 Å². The summed E-state index contributed by atoms with van der Waals surface area (Å²) < 4.78 is 5.48. The van der Waals surface area contributed by atoms with Gasteiger partial charge in [-0.2, -0.15) is 5.26 Å². The van der Waals surface area contributed by atoms with Crippen molar-refractivity contribution in [3.8, 4) is 11.8 Å². The van der Waals surface area contributed by atoms with Crippen molar-refractivity contribution in [1.29, 1.82) is 5.26 Å². The summed E-state index contributed by atoms with van der Waals surface area (Å²) in [5, 5.41) is 8.64. The van der Waals surface area contributed by atoms with Crippen LogP contribution in [-0.4, -0.2) is 9.97 Å². The fourth-order valence-corrected chi connectivity index (χ4v) is 1.22. The number of nitrogen functional groups attached to an aromatic ring is 1. The SMILES string of the molecule is N#Cc1ccc(OCc2cnc(N)cn2)cc1. The van der Waals surface area contributed by atoms with Crippen LogP contribution in [0.15, 0.2) is 36.7 Å². The van der Waals surface area contributed by atoms with Crippen LogP contribution in [0.2, 0.25) is 0 Å². The Balaban J connectivity index is 1.98. The van der Waals surface area contributed by atoms with Gasteiger partial charge in [-0.15, -0.1) is 0 Å². The fourth-order valence-electron chi connectivity index (χ4n) is 1.22. The second kappa shape index (κ2) is 4.94. The van der Waals surface area contributed by atoms with Gasteiger partial charge in [0.2, 0.25) is 0 Å². The highest BCUT2D eigenvalue weighted by Crippen LogP contribution is 2.13. The van der Waals surface area contributed by atoms with Crippen LogP contribution >= 0.6 is 0 Å². The number of nitriles is 1. The first-order chi connectivity index (χ1) is 8.28. The van der Waals surface area contributed by atoms with Crippen molar-refractivity contribution >= 4 is 5.82 Å². The fraction of sp³-hybridized carbons (Fsp3) is 0.0833. The topological polar surface area (TPSA) is 84.8 Å². The molecule has 5 nitrogen and oxygen atoms in total. The summed E-state index contributed by atoms with van der Waals surface area (Å²) in [6.45, 7) is 0.319. The lowest BCUT2D eigenvalue weighted by Crippen LogP contribution is -2.00. The molecular formula is C12H10N4O. The Morgan fingerprint density at radius 2 is 1.94 bits per heavy atom. The third-order valence-corrected chi connectivity index (χ3v) is 2.10. The Labute approximate surface area is 98.5 Å². The Bertz CT molecular complexity index is 528. The maximum atomic E-state index is 8.64. The van der Waals surface area contributed by atoms with Gasteiger partial charge < -0.3 is 10.5 Å². The van der Waals surface area contributed by atoms with Crippen molar-refractivity contribution in [3.05, 3.63) is 47.9 Å². The van der Waals surface area contributed by atoms with E-state index in [0.29, 0.717) is 29.4 Å². The van der Waals surface area contributed by atoms with E-state index in [1.807, 2.05) is 6.07 Å². The average molecular weight is 226 g/mol. The largest absolute Gasteiger partial charge is 0.487 e. The summed E-state index contributed by atoms with van der Waals surface area (Å²) in [4.78, 5) is 7.97. The molecule has 0 aliphatic rings. The van der Waals surface area contributed by atoms with Crippen LogP contribution in [0.25, 0.3) is 0 Å². The summed E-state index contributed by atoms with van der Waals surface area (Å²) >= 11 is 0. The van der Waals surface area contributed by atoms with Gasteiger partial charge in [-0.05, 0) is 24.3 Å². The maximum Gasteiger partial charge on any atom is 0.141 e. The van der Waals surface area contributed by atoms with Gasteiger partial charge in [-0.25, -0.2) is 4.98 Å². The maximum absolute atomic E-state index is 8.64. The molecular weight excluding hydrogens is 216 g/mol. The summed E-state index contributed by atoms with van der Waals surface area (Å²) in [5.74, 6) is 1.06. The van der Waals surface area contributed by atoms with Crippen molar-refractivity contribution in [3.63, 3.8) is 0 Å². The zero-order valence-corrected chi connectivity index (χ0v) is 9.00. The molecule has 1 aromatic carbocycles. The zero-order valence-electron chi connectivity index (χ0n) is 9.00. The van der Waals surface area contributed by atoms with E-state index >= 15 is 0 Å². The zero-order chi connectivity index (χ0) is 12.1. The number of nitrogens with zero attached hydrogens (tertiary/aromatic N) is 3. The van der Waals surface area contributed by atoms with Crippen LogP contribution in [0.5, 0.6) is 5.75 Å². The van der Waals surface area contributed by atoms with E-state index in [1.165, 1.54) is 6.20 Å². The molecule has 84 valence electrons. The number of rotatable bonds is 3. The molecule has 0 radical (unpaired) electrons. The van der Waals surface area contributed by atoms with Gasteiger partial charge in [0.15, 0.2) is 0 Å². The molecule has 5 heteroatoms. The first-order valence-corrected chi connectivity index (χ1v) is 4.97. The molecule has 0 spiro atoms. The summed E-state index contributed by atoms with van der Waals surface area (Å²) in [6.07, 6.45) is 3.05. The van der Waals surface area contributed by atoms with E-state index in [9.17, 15) is 0 Å². The number of benzene rings is 1. The second-order valence-electron chi connectivity index (χ2n) is 3.36. The molecule has 0 saturated carbocycles. The van der Waals surface area contributed by atoms with Crippen LogP contribution in [0.4, 0.5) is 5.82 Å². The van der Waals surface area contributed by atoms with Gasteiger partial charge in [0.05, 0.1) is 29.7 Å². The average Bonchev–Trinajstić information content (AvgIpc) is 2.39. The van der Waals surface area contributed by atoms with Gasteiger partial charge in [0, 0.05) is 0 Å². The highest BCUT2D eigenvalue weighted by molar-refractivity contribution is 5.34. The van der Waals surface area contributed by atoms with E-state index in [4.69, 9.17) is 15.7 Å². The number of hydrogen-bond acceptors (Lipinski definition) is 5. The van der Waals surface area contributed by atoms with E-state index in [0.717, 1.165) is 0 Å². The van der Waals surface area contributed by atoms with E-state index in [-0.39, 0.29) is 0 Å². The van der Waals surface area contributed by atoms with Gasteiger partial charge in [-0.1, -0.05) is 0 Å². The Morgan fingerprint density at radius 1 is 1.18 bits per heavy atom. The smallest absolute Gasteiger partial charge is 0.141 e. The van der Waals surface area contributed by atoms with E-state index in [2.05, 4.69) is 9.97 Å². The van der Waals surface area contributed by atoms with Crippen LogP contribution in [-0.2, 0) is 6.61 Å². The molecule has 0 unspecified atom stereocenters. The van der Waals surface area contributed by atoms with Gasteiger partial charge in [0.25, 0.3) is 0 Å². The molecule has 0 saturated heterocycles. The molecule has 2 rings (SSSR count). The lowest BCUT2D eigenvalue weighted by molar-refractivity contribution is 0.301. The second-order valence-corrected chi connectivity index (χ2v) is 3.36. The summed E-state index contributed by atoms with van der Waals surface area (Å²) in [7, 11) is 0. The number of ether oxygens (including phenoxy) is 1. The van der Waals surface area contributed by atoms with Crippen molar-refractivity contribution in [2.75, 3.05) is 5.73 Å². The molecule has 0 aliphatic carbocycles. The normalized spacial score (nSPS) is 9.59. The molecule has 17 heavy (non-hydrogen) atoms. The predicted octanol–water partition coefficient (Wildman–Crippen LogP) is 1.51. The van der Waals surface area contributed by atoms with Gasteiger partial charge >= 0.3 is 0 Å². The highest BCUT2D eigenvalue weighted by Gasteiger charge is 1.98. The first kappa shape index (κ1) is 10.9. The Morgan fingerprint density at radius 3 is 2.53 bits per heavy atom. The van der Waals surface area contributed by atoms with Crippen LogP contribution in [0, 0.1) is 11.3 Å². The number of anilines is 1. The van der Waals surface area contributed by atoms with Crippen LogP contribution in [0.3, 0.4) is 0 Å². The van der Waals surface area contributed by atoms with Gasteiger partial charge in [-0.3, -0.25) is 4.98 Å². The summed E-state index contributed by atoms with van der Waals surface area (Å²) in [5.41, 5.74) is 6.72. The molecule has 1 aromatic heterocycles. The van der Waals surface area contributed by atoms with Crippen molar-refractivity contribution in [1.82, 2.24) is 9.97 Å². The quantitative estimate of drug-likeness (QED) is 0.857. The minimum atomic E-state index is 0.319. The molecule has 0 amide bonds. The van der Waals surface area contributed by atoms with E-state index in [1.54, 1.807) is 30.5 Å². The number of hydrogen-bond donors (Lipinski definition) is 1. The third-order valence-electron chi connectivity index (χ3n) is 2.10. The van der Waals surface area contributed by atoms with Crippen molar-refractivity contribution in [2.45, 2.75) is 6.61 Å². The molecule has 0 aliphatic heterocycles. The minimum Gasteiger partial charge on any atom is -0.487 e. The lowest BCUT2D eigenvalue weighted by atomic mass is 10.2. The molecule has 0 bridgehead atoms. The molecule has 2 aromatic rings. The highest BCUT2D eigenvalue weighted by atomic mass is 16.5. The predicted molar refractivity (Wildman–Crippen MR) is 61.9 cm³/mol. The van der Waals surface area contributed by atoms with E-state index < -0.39 is 0 Å². The molecule has 0 fully saturated rings. The van der Waals surface area contributed by atoms with Gasteiger partial charge in [0.1, 0.15) is 18.2 Å². The third kappa shape index (κ3) is 2.92. The molecule has 2 N–H and O–H groups in total. The van der Waals surface area contributed by atoms with Crippen LogP contribution in [0.1, 0.15) is 11.3 Å². The lowest BCUT2D eigenvalue weighted by Gasteiger charge is -2.05. The standard InChI is InChI=1S/C12H10N4O/c13-5-9-1-3-11(4-2-9)17-8-10-6-16-12(14)7-15-10/h1-4,6-7H,8H2,(H2,14,16). The molecule has 1 heterocycles. The number of aromatic nitrogens is 2. The first-order valence-electron chi connectivity index (χ1n) is 4.97. The Kier molecular flexibility index (Phi) is 3.17. The molecule has 0 atom stereocenters. The van der Waals surface area contributed by atoms with Crippen LogP contribution < -0.4 is 10.5 Å². The Hall–Kier alpha value is -2.61. The number of nitrogens with two attached hydrogens (primary N) is 1. The summed E-state index contributed by atoms with van der Waals surface area (Å²) in [6, 6.07) is 8.92. The monoisotopic (exact) mass is 226 g/mol.